The molecule has 25 heavy (non-hydrogen) atoms. The summed E-state index contributed by atoms with van der Waals surface area (Å²) >= 11 is 0. The monoisotopic (exact) mass is 337 g/mol. The number of aromatic nitrogens is 2. The molecule has 1 aromatic carbocycles. The van der Waals surface area contributed by atoms with Gasteiger partial charge in [-0.25, -0.2) is 0 Å². The second-order valence-electron chi connectivity index (χ2n) is 6.61. The molecule has 2 N–H and O–H groups in total. The zero-order valence-electron chi connectivity index (χ0n) is 13.7. The molecule has 2 unspecified atom stereocenters. The first-order valence-electron chi connectivity index (χ1n) is 8.53. The minimum Gasteiger partial charge on any atom is -0.326 e. The van der Waals surface area contributed by atoms with Crippen LogP contribution < -0.4 is 16.4 Å². The van der Waals surface area contributed by atoms with Crippen LogP contribution in [0.3, 0.4) is 0 Å². The molecule has 1 aliphatic heterocycles. The summed E-state index contributed by atoms with van der Waals surface area (Å²) < 4.78 is 1.57. The van der Waals surface area contributed by atoms with Gasteiger partial charge in [0.1, 0.15) is 0 Å². The summed E-state index contributed by atoms with van der Waals surface area (Å²) in [5, 5.41) is 2.85. The average molecular weight is 337 g/mol. The molecule has 2 aliphatic rings. The van der Waals surface area contributed by atoms with Crippen LogP contribution in [-0.4, -0.2) is 15.5 Å². The molecule has 128 valence electrons. The van der Waals surface area contributed by atoms with Crippen LogP contribution in [0.1, 0.15) is 49.0 Å². The summed E-state index contributed by atoms with van der Waals surface area (Å²) in [4.78, 5) is 39.5. The Morgan fingerprint density at radius 2 is 2.00 bits per heavy atom. The van der Waals surface area contributed by atoms with Gasteiger partial charge in [-0.2, -0.15) is 0 Å². The lowest BCUT2D eigenvalue weighted by molar-refractivity contribution is -0.117. The molecule has 0 bridgehead atoms. The van der Waals surface area contributed by atoms with E-state index in [-0.39, 0.29) is 24.3 Å². The molecule has 0 radical (unpaired) electrons. The minimum absolute atomic E-state index is 0.151. The van der Waals surface area contributed by atoms with E-state index in [0.717, 1.165) is 30.6 Å². The van der Waals surface area contributed by atoms with Gasteiger partial charge in [-0.1, -0.05) is 24.3 Å². The smallest absolute Gasteiger partial charge is 0.316 e. The number of anilines is 1. The minimum atomic E-state index is -0.626. The predicted molar refractivity (Wildman–Crippen MR) is 95.7 cm³/mol. The molecule has 2 heterocycles. The van der Waals surface area contributed by atoms with Crippen LogP contribution in [0.2, 0.25) is 0 Å². The Balaban J connectivity index is 1.66. The fourth-order valence-corrected chi connectivity index (χ4v) is 3.87. The van der Waals surface area contributed by atoms with Crippen molar-refractivity contribution < 1.29 is 4.79 Å². The average Bonchev–Trinajstić information content (AvgIpc) is 2.61. The van der Waals surface area contributed by atoms with E-state index in [1.54, 1.807) is 4.57 Å². The van der Waals surface area contributed by atoms with Crippen LogP contribution in [0.15, 0.2) is 46.0 Å². The van der Waals surface area contributed by atoms with Gasteiger partial charge in [0.05, 0.1) is 5.69 Å². The first-order valence-corrected chi connectivity index (χ1v) is 8.53. The van der Waals surface area contributed by atoms with Crippen molar-refractivity contribution in [2.24, 2.45) is 0 Å². The molecular formula is C19H19N3O3. The molecule has 2 aromatic rings. The number of para-hydroxylation sites is 1. The number of carbonyl (C=O) groups excluding carboxylic acids is 1. The molecule has 1 aromatic heterocycles. The standard InChI is InChI=1S/C19H19N3O3/c23-16(20-13-6-2-1-3-7-13)11-14-10-9-12-5-4-8-15-17(12)22(14)19(25)18(24)21-15/h1-4,6-8,12,14H,5,9-11H2,(H,20,23)(H,21,24). The number of hydrogen-bond donors (Lipinski definition) is 2. The van der Waals surface area contributed by atoms with E-state index in [1.165, 1.54) is 0 Å². The van der Waals surface area contributed by atoms with Crippen LogP contribution in [0.25, 0.3) is 6.08 Å². The van der Waals surface area contributed by atoms with E-state index >= 15 is 0 Å². The van der Waals surface area contributed by atoms with Crippen LogP contribution in [0.5, 0.6) is 0 Å². The Labute approximate surface area is 144 Å². The van der Waals surface area contributed by atoms with E-state index in [2.05, 4.69) is 10.3 Å². The number of H-pyrrole nitrogens is 1. The van der Waals surface area contributed by atoms with E-state index in [0.29, 0.717) is 5.69 Å². The molecule has 0 saturated heterocycles. The molecular weight excluding hydrogens is 318 g/mol. The maximum absolute atomic E-state index is 12.5. The highest BCUT2D eigenvalue weighted by Crippen LogP contribution is 2.39. The van der Waals surface area contributed by atoms with Crippen LogP contribution in [-0.2, 0) is 4.79 Å². The Kier molecular flexibility index (Phi) is 3.87. The highest BCUT2D eigenvalue weighted by atomic mass is 16.2. The molecule has 0 fully saturated rings. The number of aromatic amines is 1. The van der Waals surface area contributed by atoms with Gasteiger partial charge < -0.3 is 14.9 Å². The molecule has 4 rings (SSSR count). The number of nitrogens with zero attached hydrogens (tertiary/aromatic N) is 1. The molecule has 6 nitrogen and oxygen atoms in total. The van der Waals surface area contributed by atoms with E-state index < -0.39 is 11.1 Å². The normalized spacial score (nSPS) is 20.8. The maximum atomic E-state index is 12.5. The number of rotatable bonds is 3. The van der Waals surface area contributed by atoms with E-state index in [9.17, 15) is 14.4 Å². The number of nitrogens with one attached hydrogen (secondary N) is 2. The number of amides is 1. The molecule has 6 heteroatoms. The molecule has 1 aliphatic carbocycles. The molecule has 0 spiro atoms. The van der Waals surface area contributed by atoms with Gasteiger partial charge in [-0.3, -0.25) is 14.4 Å². The maximum Gasteiger partial charge on any atom is 0.316 e. The lowest BCUT2D eigenvalue weighted by Gasteiger charge is -2.34. The zero-order chi connectivity index (χ0) is 17.4. The summed E-state index contributed by atoms with van der Waals surface area (Å²) in [6.07, 6.45) is 6.56. The summed E-state index contributed by atoms with van der Waals surface area (Å²) in [5.41, 5.74) is 1.12. The second-order valence-corrected chi connectivity index (χ2v) is 6.61. The Bertz CT molecular complexity index is 956. The van der Waals surface area contributed by atoms with Gasteiger partial charge in [0.2, 0.25) is 5.91 Å². The third-order valence-electron chi connectivity index (χ3n) is 4.98. The quantitative estimate of drug-likeness (QED) is 0.844. The van der Waals surface area contributed by atoms with E-state index in [4.69, 9.17) is 0 Å². The number of hydrogen-bond acceptors (Lipinski definition) is 3. The molecule has 1 amide bonds. The lowest BCUT2D eigenvalue weighted by atomic mass is 9.84. The Morgan fingerprint density at radius 3 is 2.80 bits per heavy atom. The van der Waals surface area contributed by atoms with E-state index in [1.807, 2.05) is 42.5 Å². The number of benzene rings is 1. The van der Waals surface area contributed by atoms with Crippen molar-refractivity contribution in [3.63, 3.8) is 0 Å². The highest BCUT2D eigenvalue weighted by Gasteiger charge is 2.32. The zero-order valence-corrected chi connectivity index (χ0v) is 13.7. The van der Waals surface area contributed by atoms with Crippen molar-refractivity contribution in [3.05, 3.63) is 68.5 Å². The van der Waals surface area contributed by atoms with Crippen molar-refractivity contribution in [3.8, 4) is 0 Å². The summed E-state index contributed by atoms with van der Waals surface area (Å²) in [6, 6.07) is 8.94. The van der Waals surface area contributed by atoms with Gasteiger partial charge in [0.15, 0.2) is 0 Å². The van der Waals surface area contributed by atoms with Gasteiger partial charge in [-0.15, -0.1) is 0 Å². The summed E-state index contributed by atoms with van der Waals surface area (Å²) in [6.45, 7) is 0. The topological polar surface area (TPSA) is 84.0 Å². The van der Waals surface area contributed by atoms with Crippen LogP contribution in [0, 0.1) is 0 Å². The van der Waals surface area contributed by atoms with Crippen molar-refractivity contribution in [2.75, 3.05) is 5.32 Å². The van der Waals surface area contributed by atoms with Crippen LogP contribution in [0.4, 0.5) is 5.69 Å². The SMILES string of the molecule is O=C(CC1CCC2CC=Cc3[nH]c(=O)c(=O)n1c32)Nc1ccccc1. The third kappa shape index (κ3) is 2.84. The van der Waals surface area contributed by atoms with Crippen LogP contribution >= 0.6 is 0 Å². The summed E-state index contributed by atoms with van der Waals surface area (Å²) in [5.74, 6) is 0.0833. The largest absolute Gasteiger partial charge is 0.326 e. The second kappa shape index (κ2) is 6.20. The van der Waals surface area contributed by atoms with Crippen molar-refractivity contribution in [2.45, 2.75) is 37.6 Å². The lowest BCUT2D eigenvalue weighted by Crippen LogP contribution is -2.44. The van der Waals surface area contributed by atoms with Crippen molar-refractivity contribution in [1.82, 2.24) is 9.55 Å². The number of carbonyl (C=O) groups is 1. The molecule has 2 atom stereocenters. The van der Waals surface area contributed by atoms with Gasteiger partial charge in [0, 0.05) is 29.8 Å². The molecule has 0 saturated carbocycles. The fraction of sp³-hybridized carbons (Fsp3) is 0.316. The number of allylic oxidation sites excluding steroid dienone is 1. The first-order chi connectivity index (χ1) is 12.1. The highest BCUT2D eigenvalue weighted by molar-refractivity contribution is 5.90. The Hall–Kier alpha value is -2.89. The fourth-order valence-electron chi connectivity index (χ4n) is 3.87. The van der Waals surface area contributed by atoms with Crippen molar-refractivity contribution in [1.29, 1.82) is 0 Å². The Morgan fingerprint density at radius 1 is 1.20 bits per heavy atom. The van der Waals surface area contributed by atoms with Gasteiger partial charge in [0.25, 0.3) is 0 Å². The summed E-state index contributed by atoms with van der Waals surface area (Å²) in [7, 11) is 0. The first kappa shape index (κ1) is 15.6. The van der Waals surface area contributed by atoms with Gasteiger partial charge in [-0.05, 0) is 37.5 Å². The van der Waals surface area contributed by atoms with Gasteiger partial charge >= 0.3 is 11.1 Å². The predicted octanol–water partition coefficient (Wildman–Crippen LogP) is 2.40. The third-order valence-corrected chi connectivity index (χ3v) is 4.98. The van der Waals surface area contributed by atoms with Crippen molar-refractivity contribution >= 4 is 17.7 Å².